The van der Waals surface area contributed by atoms with E-state index in [4.69, 9.17) is 10.5 Å². The first kappa shape index (κ1) is 12.5. The van der Waals surface area contributed by atoms with E-state index in [9.17, 15) is 4.79 Å². The van der Waals surface area contributed by atoms with Gasteiger partial charge < -0.3 is 10.5 Å². The van der Waals surface area contributed by atoms with Crippen molar-refractivity contribution < 1.29 is 9.53 Å². The predicted octanol–water partition coefficient (Wildman–Crippen LogP) is 2.24. The van der Waals surface area contributed by atoms with E-state index in [1.165, 1.54) is 19.3 Å². The van der Waals surface area contributed by atoms with Crippen LogP contribution in [0.25, 0.3) is 0 Å². The summed E-state index contributed by atoms with van der Waals surface area (Å²) in [4.78, 5) is 11.6. The van der Waals surface area contributed by atoms with Crippen LogP contribution in [0.1, 0.15) is 52.4 Å². The van der Waals surface area contributed by atoms with Gasteiger partial charge in [0.25, 0.3) is 0 Å². The molecule has 0 aromatic carbocycles. The zero-order valence-electron chi connectivity index (χ0n) is 9.87. The minimum absolute atomic E-state index is 0.106. The number of nitrogens with two attached hydrogens (primary N) is 1. The van der Waals surface area contributed by atoms with Crippen molar-refractivity contribution in [2.45, 2.75) is 64.5 Å². The molecule has 3 heteroatoms. The number of rotatable bonds is 4. The smallest absolute Gasteiger partial charge is 0.323 e. The van der Waals surface area contributed by atoms with Crippen molar-refractivity contribution in [3.8, 4) is 0 Å². The summed E-state index contributed by atoms with van der Waals surface area (Å²) in [5.74, 6) is 0.284. The zero-order valence-corrected chi connectivity index (χ0v) is 9.87. The molecule has 3 unspecified atom stereocenters. The van der Waals surface area contributed by atoms with Gasteiger partial charge in [-0.05, 0) is 31.6 Å². The molecular formula is C12H23NO2. The molecule has 0 heterocycles. The second kappa shape index (κ2) is 6.11. The van der Waals surface area contributed by atoms with Crippen LogP contribution in [-0.4, -0.2) is 18.1 Å². The second-order valence-corrected chi connectivity index (χ2v) is 4.63. The van der Waals surface area contributed by atoms with Gasteiger partial charge in [-0.25, -0.2) is 0 Å². The maximum Gasteiger partial charge on any atom is 0.323 e. The molecule has 1 aliphatic carbocycles. The lowest BCUT2D eigenvalue weighted by atomic mass is 9.88. The maximum atomic E-state index is 11.6. The van der Waals surface area contributed by atoms with Gasteiger partial charge in [0.2, 0.25) is 0 Å². The second-order valence-electron chi connectivity index (χ2n) is 4.63. The van der Waals surface area contributed by atoms with Crippen molar-refractivity contribution in [3.05, 3.63) is 0 Å². The highest BCUT2D eigenvalue weighted by atomic mass is 16.5. The highest BCUT2D eigenvalue weighted by Gasteiger charge is 2.26. The van der Waals surface area contributed by atoms with Gasteiger partial charge in [0.1, 0.15) is 12.1 Å². The van der Waals surface area contributed by atoms with Gasteiger partial charge in [0, 0.05) is 0 Å². The lowest BCUT2D eigenvalue weighted by molar-refractivity contribution is -0.155. The standard InChI is InChI=1S/C12H23NO2/c1-3-6-10(13)12(14)15-11-8-5-4-7-9(11)2/h9-11H,3-8,13H2,1-2H3. The van der Waals surface area contributed by atoms with E-state index in [1.807, 2.05) is 6.92 Å². The Kier molecular flexibility index (Phi) is 5.09. The van der Waals surface area contributed by atoms with Crippen molar-refractivity contribution in [2.24, 2.45) is 11.7 Å². The Morgan fingerprint density at radius 3 is 2.73 bits per heavy atom. The first-order valence-corrected chi connectivity index (χ1v) is 6.11. The molecule has 0 bridgehead atoms. The number of ether oxygens (including phenoxy) is 1. The van der Waals surface area contributed by atoms with Crippen LogP contribution in [0.15, 0.2) is 0 Å². The van der Waals surface area contributed by atoms with Gasteiger partial charge in [0.05, 0.1) is 0 Å². The molecule has 1 fully saturated rings. The normalized spacial score (nSPS) is 28.5. The SMILES string of the molecule is CCCC(N)C(=O)OC1CCCCC1C. The fourth-order valence-corrected chi connectivity index (χ4v) is 2.12. The summed E-state index contributed by atoms with van der Waals surface area (Å²) in [6.07, 6.45) is 6.36. The number of esters is 1. The summed E-state index contributed by atoms with van der Waals surface area (Å²) < 4.78 is 5.45. The van der Waals surface area contributed by atoms with Crippen LogP contribution in [0.5, 0.6) is 0 Å². The van der Waals surface area contributed by atoms with Crippen LogP contribution in [-0.2, 0) is 9.53 Å². The molecule has 1 saturated carbocycles. The van der Waals surface area contributed by atoms with Crippen LogP contribution in [0.4, 0.5) is 0 Å². The van der Waals surface area contributed by atoms with Gasteiger partial charge in [-0.3, -0.25) is 4.79 Å². The summed E-state index contributed by atoms with van der Waals surface area (Å²) in [5.41, 5.74) is 5.72. The average molecular weight is 213 g/mol. The summed E-state index contributed by atoms with van der Waals surface area (Å²) in [6.45, 7) is 4.18. The van der Waals surface area contributed by atoms with Crippen molar-refractivity contribution in [2.75, 3.05) is 0 Å². The minimum atomic E-state index is -0.427. The van der Waals surface area contributed by atoms with Crippen LogP contribution >= 0.6 is 0 Å². The topological polar surface area (TPSA) is 52.3 Å². The van der Waals surface area contributed by atoms with Gasteiger partial charge >= 0.3 is 5.97 Å². The molecule has 0 saturated heterocycles. The van der Waals surface area contributed by atoms with E-state index in [-0.39, 0.29) is 12.1 Å². The molecule has 0 amide bonds. The first-order valence-electron chi connectivity index (χ1n) is 6.11. The summed E-state index contributed by atoms with van der Waals surface area (Å²) >= 11 is 0. The van der Waals surface area contributed by atoms with Crippen LogP contribution in [0, 0.1) is 5.92 Å². The minimum Gasteiger partial charge on any atom is -0.461 e. The maximum absolute atomic E-state index is 11.6. The van der Waals surface area contributed by atoms with Crippen molar-refractivity contribution in [1.82, 2.24) is 0 Å². The Balaban J connectivity index is 2.35. The number of hydrogen-bond donors (Lipinski definition) is 1. The van der Waals surface area contributed by atoms with Gasteiger partial charge in [0.15, 0.2) is 0 Å². The summed E-state index contributed by atoms with van der Waals surface area (Å²) in [6, 6.07) is -0.427. The Labute approximate surface area is 92.4 Å². The fourth-order valence-electron chi connectivity index (χ4n) is 2.12. The molecule has 15 heavy (non-hydrogen) atoms. The Hall–Kier alpha value is -0.570. The molecule has 2 N–H and O–H groups in total. The Morgan fingerprint density at radius 2 is 2.13 bits per heavy atom. The molecule has 3 atom stereocenters. The zero-order chi connectivity index (χ0) is 11.3. The molecule has 0 aliphatic heterocycles. The van der Waals surface area contributed by atoms with E-state index >= 15 is 0 Å². The summed E-state index contributed by atoms with van der Waals surface area (Å²) in [7, 11) is 0. The van der Waals surface area contributed by atoms with Crippen LogP contribution in [0.3, 0.4) is 0 Å². The number of hydrogen-bond acceptors (Lipinski definition) is 3. The van der Waals surface area contributed by atoms with Gasteiger partial charge in [-0.1, -0.05) is 26.7 Å². The summed E-state index contributed by atoms with van der Waals surface area (Å²) in [5, 5.41) is 0. The Morgan fingerprint density at radius 1 is 1.47 bits per heavy atom. The van der Waals surface area contributed by atoms with E-state index in [2.05, 4.69) is 6.92 Å². The highest BCUT2D eigenvalue weighted by molar-refractivity contribution is 5.75. The molecule has 3 nitrogen and oxygen atoms in total. The molecule has 0 aromatic heterocycles. The first-order chi connectivity index (χ1) is 7.15. The lowest BCUT2D eigenvalue weighted by Crippen LogP contribution is -2.37. The van der Waals surface area contributed by atoms with E-state index in [1.54, 1.807) is 0 Å². The van der Waals surface area contributed by atoms with Gasteiger partial charge in [-0.15, -0.1) is 0 Å². The third-order valence-electron chi connectivity index (χ3n) is 3.20. The molecule has 1 aliphatic rings. The monoisotopic (exact) mass is 213 g/mol. The van der Waals surface area contributed by atoms with E-state index < -0.39 is 6.04 Å². The largest absolute Gasteiger partial charge is 0.461 e. The molecule has 88 valence electrons. The average Bonchev–Trinajstić information content (AvgIpc) is 2.21. The van der Waals surface area contributed by atoms with E-state index in [0.717, 1.165) is 19.3 Å². The number of carbonyl (C=O) groups excluding carboxylic acids is 1. The van der Waals surface area contributed by atoms with Gasteiger partial charge in [-0.2, -0.15) is 0 Å². The molecule has 0 spiro atoms. The third kappa shape index (κ3) is 3.82. The van der Waals surface area contributed by atoms with Crippen LogP contribution < -0.4 is 5.73 Å². The quantitative estimate of drug-likeness (QED) is 0.729. The van der Waals surface area contributed by atoms with E-state index in [0.29, 0.717) is 5.92 Å². The number of carbonyl (C=O) groups is 1. The molecule has 0 radical (unpaired) electrons. The fraction of sp³-hybridized carbons (Fsp3) is 0.917. The van der Waals surface area contributed by atoms with Crippen molar-refractivity contribution in [1.29, 1.82) is 0 Å². The Bertz CT molecular complexity index is 206. The highest BCUT2D eigenvalue weighted by Crippen LogP contribution is 2.26. The lowest BCUT2D eigenvalue weighted by Gasteiger charge is -2.29. The molecular weight excluding hydrogens is 190 g/mol. The van der Waals surface area contributed by atoms with Crippen molar-refractivity contribution >= 4 is 5.97 Å². The van der Waals surface area contributed by atoms with Crippen molar-refractivity contribution in [3.63, 3.8) is 0 Å². The predicted molar refractivity (Wildman–Crippen MR) is 60.4 cm³/mol. The van der Waals surface area contributed by atoms with Crippen LogP contribution in [0.2, 0.25) is 0 Å². The molecule has 0 aromatic rings. The molecule has 1 rings (SSSR count). The third-order valence-corrected chi connectivity index (χ3v) is 3.20.